The molecular formula is C32H46F2N4O8S. The zero-order valence-corrected chi connectivity index (χ0v) is 28.4. The number of benzene rings is 2. The molecule has 2 rings (SSSR count). The van der Waals surface area contributed by atoms with E-state index in [1.165, 1.54) is 0 Å². The summed E-state index contributed by atoms with van der Waals surface area (Å²) < 4.78 is 66.3. The highest BCUT2D eigenvalue weighted by molar-refractivity contribution is 7.89. The fraction of sp³-hybridized carbons (Fsp3) is 0.531. The molecule has 3 unspecified atom stereocenters. The molecule has 0 aliphatic rings. The monoisotopic (exact) mass is 684 g/mol. The van der Waals surface area contributed by atoms with Crippen LogP contribution in [0.15, 0.2) is 48.5 Å². The summed E-state index contributed by atoms with van der Waals surface area (Å²) in [5, 5.41) is 18.3. The predicted octanol–water partition coefficient (Wildman–Crippen LogP) is 3.32. The molecule has 3 atom stereocenters. The lowest BCUT2D eigenvalue weighted by Gasteiger charge is -2.26. The van der Waals surface area contributed by atoms with E-state index in [1.54, 1.807) is 71.9 Å². The van der Waals surface area contributed by atoms with Crippen LogP contribution < -0.4 is 20.7 Å². The summed E-state index contributed by atoms with van der Waals surface area (Å²) in [7, 11) is -3.96. The van der Waals surface area contributed by atoms with Crippen LogP contribution in [0, 0.1) is 11.6 Å². The molecule has 0 radical (unpaired) electrons. The average molecular weight is 685 g/mol. The third kappa shape index (κ3) is 16.0. The Kier molecular flexibility index (Phi) is 14.5. The molecule has 0 aliphatic carbocycles. The number of carbonyl (C=O) groups is 3. The first-order valence-electron chi connectivity index (χ1n) is 15.1. The number of sulfonamides is 1. The van der Waals surface area contributed by atoms with E-state index >= 15 is 0 Å². The van der Waals surface area contributed by atoms with E-state index in [4.69, 9.17) is 9.47 Å². The van der Waals surface area contributed by atoms with Gasteiger partial charge in [0, 0.05) is 19.1 Å². The average Bonchev–Trinajstić information content (AvgIpc) is 2.93. The molecule has 15 heteroatoms. The molecule has 2 aromatic carbocycles. The Balaban J connectivity index is 1.97. The van der Waals surface area contributed by atoms with Gasteiger partial charge in [0.25, 0.3) is 5.91 Å². The van der Waals surface area contributed by atoms with E-state index in [0.717, 1.165) is 23.8 Å². The fourth-order valence-corrected chi connectivity index (χ4v) is 5.37. The number of halogens is 2. The normalized spacial score (nSPS) is 14.0. The van der Waals surface area contributed by atoms with Gasteiger partial charge < -0.3 is 30.5 Å². The minimum absolute atomic E-state index is 0.0562. The molecular weight excluding hydrogens is 638 g/mol. The van der Waals surface area contributed by atoms with Gasteiger partial charge in [-0.1, -0.05) is 30.3 Å². The molecule has 0 saturated carbocycles. The lowest BCUT2D eigenvalue weighted by atomic mass is 10.0. The number of aliphatic hydroxyl groups excluding tert-OH is 1. The largest absolute Gasteiger partial charge is 0.444 e. The molecule has 47 heavy (non-hydrogen) atoms. The van der Waals surface area contributed by atoms with Gasteiger partial charge in [-0.15, -0.1) is 0 Å². The van der Waals surface area contributed by atoms with Crippen LogP contribution in [0.1, 0.15) is 59.1 Å². The first-order valence-corrected chi connectivity index (χ1v) is 16.8. The van der Waals surface area contributed by atoms with Crippen molar-refractivity contribution in [3.8, 4) is 0 Å². The lowest BCUT2D eigenvalue weighted by Crippen LogP contribution is -2.52. The topological polar surface area (TPSA) is 172 Å². The Morgan fingerprint density at radius 1 is 0.872 bits per heavy atom. The summed E-state index contributed by atoms with van der Waals surface area (Å²) in [4.78, 5) is 37.6. The van der Waals surface area contributed by atoms with E-state index in [-0.39, 0.29) is 37.9 Å². The maximum absolute atomic E-state index is 14.3. The fourth-order valence-electron chi connectivity index (χ4n) is 4.24. The summed E-state index contributed by atoms with van der Waals surface area (Å²) >= 11 is 0. The predicted molar refractivity (Wildman–Crippen MR) is 172 cm³/mol. The minimum Gasteiger partial charge on any atom is -0.444 e. The quantitative estimate of drug-likeness (QED) is 0.178. The molecule has 0 bridgehead atoms. The van der Waals surface area contributed by atoms with E-state index < -0.39 is 74.9 Å². The van der Waals surface area contributed by atoms with Crippen LogP contribution in [0.25, 0.3) is 0 Å². The zero-order chi connectivity index (χ0) is 35.4. The third-order valence-corrected chi connectivity index (χ3v) is 7.72. The van der Waals surface area contributed by atoms with Crippen molar-refractivity contribution >= 4 is 28.1 Å². The molecule has 3 amide bonds. The maximum atomic E-state index is 14.3. The van der Waals surface area contributed by atoms with Gasteiger partial charge in [-0.25, -0.2) is 31.5 Å². The second-order valence-corrected chi connectivity index (χ2v) is 14.9. The number of hydrogen-bond donors (Lipinski definition) is 5. The maximum Gasteiger partial charge on any atom is 0.407 e. The highest BCUT2D eigenvalue weighted by atomic mass is 32.2. The van der Waals surface area contributed by atoms with Crippen LogP contribution in [0.2, 0.25) is 0 Å². The number of alkyl carbamates (subject to hydrolysis) is 2. The van der Waals surface area contributed by atoms with Crippen molar-refractivity contribution in [3.63, 3.8) is 0 Å². The van der Waals surface area contributed by atoms with Gasteiger partial charge in [-0.3, -0.25) is 4.79 Å². The van der Waals surface area contributed by atoms with Crippen molar-refractivity contribution in [2.45, 2.75) is 90.2 Å². The molecule has 0 aliphatic heterocycles. The Hall–Kier alpha value is -3.82. The highest BCUT2D eigenvalue weighted by Crippen LogP contribution is 2.14. The van der Waals surface area contributed by atoms with Crippen LogP contribution in [0.5, 0.6) is 0 Å². The van der Waals surface area contributed by atoms with Gasteiger partial charge >= 0.3 is 12.2 Å². The second-order valence-electron chi connectivity index (χ2n) is 13.0. The molecule has 0 aromatic heterocycles. The van der Waals surface area contributed by atoms with Crippen molar-refractivity contribution in [1.29, 1.82) is 0 Å². The molecule has 0 spiro atoms. The van der Waals surface area contributed by atoms with Crippen molar-refractivity contribution < 1.29 is 46.2 Å². The molecule has 2 aromatic rings. The number of ether oxygens (including phenoxy) is 2. The van der Waals surface area contributed by atoms with E-state index in [1.807, 2.05) is 0 Å². The highest BCUT2D eigenvalue weighted by Gasteiger charge is 2.30. The standard InChI is InChI=1S/C32H46F2N4O8S/c1-31(2,3)45-29(41)37-24(19-22-18-23(33)13-14-25(22)34)20-36-47(43,44)16-10-15-35-28(40)27(39)26(17-21-11-8-7-9-12-21)38-30(42)46-32(4,5)6/h7-9,11-14,18,24,26-27,36,39H,10,15-17,19-20H2,1-6H3,(H,35,40)(H,37,41)(H,38,42). The summed E-state index contributed by atoms with van der Waals surface area (Å²) in [6.45, 7) is 9.43. The zero-order valence-electron chi connectivity index (χ0n) is 27.6. The summed E-state index contributed by atoms with van der Waals surface area (Å²) in [6, 6.07) is 9.68. The SMILES string of the molecule is CC(C)(C)OC(=O)NC(CNS(=O)(=O)CCCNC(=O)C(O)C(Cc1ccccc1)NC(=O)OC(C)(C)C)Cc1cc(F)ccc1F. The Morgan fingerprint density at radius 3 is 2.06 bits per heavy atom. The van der Waals surface area contributed by atoms with Crippen LogP contribution in [0.3, 0.4) is 0 Å². The first-order chi connectivity index (χ1) is 21.7. The van der Waals surface area contributed by atoms with Gasteiger partial charge in [-0.05, 0) is 90.1 Å². The van der Waals surface area contributed by atoms with E-state index in [9.17, 15) is 36.7 Å². The van der Waals surface area contributed by atoms with E-state index in [2.05, 4.69) is 20.7 Å². The van der Waals surface area contributed by atoms with Crippen molar-refractivity contribution in [2.24, 2.45) is 0 Å². The number of amides is 3. The number of nitrogens with one attached hydrogen (secondary N) is 4. The number of hydrogen-bond acceptors (Lipinski definition) is 8. The molecule has 262 valence electrons. The third-order valence-electron chi connectivity index (χ3n) is 6.28. The molecule has 0 heterocycles. The lowest BCUT2D eigenvalue weighted by molar-refractivity contribution is -0.130. The van der Waals surface area contributed by atoms with Crippen LogP contribution >= 0.6 is 0 Å². The Bertz CT molecular complexity index is 1450. The van der Waals surface area contributed by atoms with Crippen LogP contribution in [-0.4, -0.2) is 79.9 Å². The van der Waals surface area contributed by atoms with Gasteiger partial charge in [0.2, 0.25) is 10.0 Å². The summed E-state index contributed by atoms with van der Waals surface area (Å²) in [5.74, 6) is -2.70. The van der Waals surface area contributed by atoms with Crippen molar-refractivity contribution in [3.05, 3.63) is 71.3 Å². The van der Waals surface area contributed by atoms with Gasteiger partial charge in [0.1, 0.15) is 22.8 Å². The van der Waals surface area contributed by atoms with E-state index in [0.29, 0.717) is 0 Å². The van der Waals surface area contributed by atoms with Crippen LogP contribution in [0.4, 0.5) is 18.4 Å². The molecule has 0 saturated heterocycles. The smallest absolute Gasteiger partial charge is 0.407 e. The van der Waals surface area contributed by atoms with Crippen LogP contribution in [-0.2, 0) is 37.1 Å². The molecule has 12 nitrogen and oxygen atoms in total. The molecule has 5 N–H and O–H groups in total. The number of carbonyl (C=O) groups excluding carboxylic acids is 3. The number of aliphatic hydroxyl groups is 1. The second kappa shape index (κ2) is 17.4. The first kappa shape index (κ1) is 39.4. The van der Waals surface area contributed by atoms with Crippen molar-refractivity contribution in [1.82, 2.24) is 20.7 Å². The number of rotatable bonds is 15. The Morgan fingerprint density at radius 2 is 1.47 bits per heavy atom. The summed E-state index contributed by atoms with van der Waals surface area (Å²) in [6.07, 6.45) is -3.54. The van der Waals surface area contributed by atoms with Crippen molar-refractivity contribution in [2.75, 3.05) is 18.8 Å². The molecule has 0 fully saturated rings. The van der Waals surface area contributed by atoms with Gasteiger partial charge in [0.05, 0.1) is 11.8 Å². The minimum atomic E-state index is -3.96. The van der Waals surface area contributed by atoms with Gasteiger partial charge in [-0.2, -0.15) is 0 Å². The Labute approximate surface area is 275 Å². The van der Waals surface area contributed by atoms with Gasteiger partial charge in [0.15, 0.2) is 6.10 Å². The summed E-state index contributed by atoms with van der Waals surface area (Å²) in [5.41, 5.74) is -0.991.